The molecule has 0 aliphatic carbocycles. The van der Waals surface area contributed by atoms with Crippen LogP contribution in [0.5, 0.6) is 11.5 Å². The summed E-state index contributed by atoms with van der Waals surface area (Å²) >= 11 is 0. The number of methoxy groups -OCH3 is 1. The number of nitrogens with zero attached hydrogens (tertiary/aromatic N) is 2. The second kappa shape index (κ2) is 17.5. The van der Waals surface area contributed by atoms with Crippen molar-refractivity contribution in [1.29, 1.82) is 0 Å². The van der Waals surface area contributed by atoms with Gasteiger partial charge in [-0.1, -0.05) is 76.9 Å². The van der Waals surface area contributed by atoms with Crippen LogP contribution in [-0.4, -0.2) is 45.6 Å². The van der Waals surface area contributed by atoms with E-state index in [0.29, 0.717) is 61.8 Å². The van der Waals surface area contributed by atoms with Crippen LogP contribution in [0.15, 0.2) is 60.7 Å². The fraction of sp³-hybridized carbons (Fsp3) is 0.537. The third kappa shape index (κ3) is 7.79. The van der Waals surface area contributed by atoms with E-state index in [-0.39, 0.29) is 36.3 Å². The highest BCUT2D eigenvalue weighted by molar-refractivity contribution is 6.07. The van der Waals surface area contributed by atoms with Crippen LogP contribution in [0, 0.1) is 23.0 Å². The minimum absolute atomic E-state index is 0.00918. The normalized spacial score (nSPS) is 17.7. The van der Waals surface area contributed by atoms with Gasteiger partial charge < -0.3 is 23.8 Å². The van der Waals surface area contributed by atoms with Gasteiger partial charge in [0.15, 0.2) is 17.9 Å². The number of anilines is 2. The predicted octanol–water partition coefficient (Wildman–Crippen LogP) is 9.62. The summed E-state index contributed by atoms with van der Waals surface area (Å²) in [5.74, 6) is -0.379. The van der Waals surface area contributed by atoms with Crippen molar-refractivity contribution in [2.24, 2.45) is 11.3 Å². The van der Waals surface area contributed by atoms with E-state index in [9.17, 15) is 4.79 Å². The summed E-state index contributed by atoms with van der Waals surface area (Å²) in [5, 5.41) is 0. The number of carbonyl (C=O) groups is 1. The number of β-lactam (4-membered cyclic amide) rings is 1. The molecule has 0 bridgehead atoms. The lowest BCUT2D eigenvalue weighted by Crippen LogP contribution is -2.63. The van der Waals surface area contributed by atoms with Crippen LogP contribution in [0.3, 0.4) is 0 Å². The molecule has 2 saturated heterocycles. The second-order valence-electron chi connectivity index (χ2n) is 13.5. The molecule has 2 aliphatic heterocycles. The van der Waals surface area contributed by atoms with E-state index in [2.05, 4.69) is 18.7 Å². The summed E-state index contributed by atoms with van der Waals surface area (Å²) in [4.78, 5) is 17.7. The van der Waals surface area contributed by atoms with Crippen LogP contribution < -0.4 is 19.3 Å². The topological polar surface area (TPSA) is 60.5 Å². The average Bonchev–Trinajstić information content (AvgIpc) is 3.14. The molecular weight excluding hydrogens is 638 g/mol. The molecule has 9 heteroatoms. The lowest BCUT2D eigenvalue weighted by molar-refractivity contribution is -0.177. The van der Waals surface area contributed by atoms with Gasteiger partial charge in [-0.3, -0.25) is 9.69 Å². The minimum Gasteiger partial charge on any atom is -0.496 e. The molecule has 1 amide bonds. The van der Waals surface area contributed by atoms with Crippen LogP contribution in [0.4, 0.5) is 20.2 Å². The fourth-order valence-corrected chi connectivity index (χ4v) is 7.45. The minimum atomic E-state index is -0.812. The third-order valence-corrected chi connectivity index (χ3v) is 10.5. The molecule has 1 atom stereocenters. The number of rotatable bonds is 18. The molecule has 50 heavy (non-hydrogen) atoms. The molecule has 0 aromatic heterocycles. The van der Waals surface area contributed by atoms with E-state index in [1.54, 1.807) is 30.2 Å². The Morgan fingerprint density at radius 1 is 0.840 bits per heavy atom. The summed E-state index contributed by atoms with van der Waals surface area (Å²) in [6.45, 7) is 11.0. The van der Waals surface area contributed by atoms with E-state index in [1.807, 2.05) is 44.2 Å². The van der Waals surface area contributed by atoms with E-state index < -0.39 is 17.3 Å². The molecule has 0 unspecified atom stereocenters. The van der Waals surface area contributed by atoms with Gasteiger partial charge in [0.1, 0.15) is 18.2 Å². The van der Waals surface area contributed by atoms with Gasteiger partial charge >= 0.3 is 0 Å². The van der Waals surface area contributed by atoms with Gasteiger partial charge in [-0.25, -0.2) is 8.78 Å². The first kappa shape index (κ1) is 37.6. The van der Waals surface area contributed by atoms with Gasteiger partial charge in [-0.2, -0.15) is 0 Å². The van der Waals surface area contributed by atoms with Crippen molar-refractivity contribution in [1.82, 2.24) is 0 Å². The Bertz CT molecular complexity index is 1530. The van der Waals surface area contributed by atoms with Crippen LogP contribution in [0.2, 0.25) is 0 Å². The lowest BCUT2D eigenvalue weighted by Gasteiger charge is -2.56. The summed E-state index contributed by atoms with van der Waals surface area (Å²) in [6, 6.07) is 16.8. The van der Waals surface area contributed by atoms with Gasteiger partial charge in [-0.15, -0.1) is 0 Å². The van der Waals surface area contributed by atoms with Crippen molar-refractivity contribution in [2.45, 2.75) is 98.0 Å². The number of carbonyl (C=O) groups excluding carboxylic acids is 1. The van der Waals surface area contributed by atoms with Crippen LogP contribution in [-0.2, 0) is 20.9 Å². The Kier molecular flexibility index (Phi) is 13.1. The first-order valence-corrected chi connectivity index (χ1v) is 18.5. The van der Waals surface area contributed by atoms with E-state index >= 15 is 8.78 Å². The summed E-state index contributed by atoms with van der Waals surface area (Å²) in [7, 11) is 1.57. The van der Waals surface area contributed by atoms with Crippen molar-refractivity contribution in [3.05, 3.63) is 83.4 Å². The molecule has 272 valence electrons. The molecule has 0 radical (unpaired) electrons. The lowest BCUT2D eigenvalue weighted by atomic mass is 9.64. The summed E-state index contributed by atoms with van der Waals surface area (Å²) in [5.41, 5.74) is 1.40. The first-order chi connectivity index (χ1) is 24.3. The highest BCUT2D eigenvalue weighted by Crippen LogP contribution is 2.59. The van der Waals surface area contributed by atoms with Gasteiger partial charge in [-0.05, 0) is 62.3 Å². The van der Waals surface area contributed by atoms with Crippen molar-refractivity contribution >= 4 is 17.3 Å². The Morgan fingerprint density at radius 2 is 1.50 bits per heavy atom. The van der Waals surface area contributed by atoms with Gasteiger partial charge in [0.05, 0.1) is 29.9 Å². The van der Waals surface area contributed by atoms with Crippen molar-refractivity contribution in [3.63, 3.8) is 0 Å². The maximum absolute atomic E-state index is 16.3. The Balaban J connectivity index is 1.41. The van der Waals surface area contributed by atoms with Crippen molar-refractivity contribution < 1.29 is 32.5 Å². The molecule has 3 aromatic rings. The molecule has 0 N–H and O–H groups in total. The molecule has 3 aromatic carbocycles. The number of halogens is 2. The molecule has 2 aliphatic rings. The smallest absolute Gasteiger partial charge is 0.236 e. The molecule has 5 rings (SSSR count). The summed E-state index contributed by atoms with van der Waals surface area (Å²) in [6.07, 6.45) is 6.55. The highest BCUT2D eigenvalue weighted by atomic mass is 19.1. The molecular formula is C41H54F2N2O5. The van der Waals surface area contributed by atoms with Gasteiger partial charge in [0.25, 0.3) is 0 Å². The average molecular weight is 693 g/mol. The zero-order valence-electron chi connectivity index (χ0n) is 30.4. The number of hydrogen-bond acceptors (Lipinski definition) is 6. The SMILES string of the molecule is CCCCOC(OCCCC)C1CCN(c2cc(OC)c([C@@H]3N(c4cccc(F)c4OCc4ccccc4)C(=O)C3(CC)CC)cc2F)CC1. The highest BCUT2D eigenvalue weighted by Gasteiger charge is 2.61. The zero-order valence-corrected chi connectivity index (χ0v) is 30.4. The maximum Gasteiger partial charge on any atom is 0.236 e. The number of unbranched alkanes of at least 4 members (excludes halogenated alkanes) is 2. The quantitative estimate of drug-likeness (QED) is 0.0752. The molecule has 2 fully saturated rings. The maximum atomic E-state index is 16.3. The first-order valence-electron chi connectivity index (χ1n) is 18.5. The number of piperidine rings is 1. The van der Waals surface area contributed by atoms with E-state index in [0.717, 1.165) is 44.1 Å². The van der Waals surface area contributed by atoms with Gasteiger partial charge in [0, 0.05) is 43.9 Å². The van der Waals surface area contributed by atoms with Crippen molar-refractivity contribution in [2.75, 3.05) is 43.2 Å². The zero-order chi connectivity index (χ0) is 35.7. The Morgan fingerprint density at radius 3 is 2.10 bits per heavy atom. The molecule has 7 nitrogen and oxygen atoms in total. The number of hydrogen-bond donors (Lipinski definition) is 0. The van der Waals surface area contributed by atoms with Crippen LogP contribution in [0.1, 0.15) is 96.2 Å². The predicted molar refractivity (Wildman–Crippen MR) is 194 cm³/mol. The van der Waals surface area contributed by atoms with Crippen LogP contribution >= 0.6 is 0 Å². The number of ether oxygens (including phenoxy) is 4. The van der Waals surface area contributed by atoms with E-state index in [4.69, 9.17) is 18.9 Å². The molecule has 0 spiro atoms. The monoisotopic (exact) mass is 692 g/mol. The van der Waals surface area contributed by atoms with Crippen LogP contribution in [0.25, 0.3) is 0 Å². The Labute approximate surface area is 296 Å². The number of benzene rings is 3. The molecule has 0 saturated carbocycles. The van der Waals surface area contributed by atoms with E-state index in [1.165, 1.54) is 12.1 Å². The number of para-hydroxylation sites is 1. The van der Waals surface area contributed by atoms with Crippen molar-refractivity contribution in [3.8, 4) is 11.5 Å². The molecule has 2 heterocycles. The Hall–Kier alpha value is -3.69. The second-order valence-corrected chi connectivity index (χ2v) is 13.5. The number of amides is 1. The third-order valence-electron chi connectivity index (χ3n) is 10.5. The van der Waals surface area contributed by atoms with Gasteiger partial charge in [0.2, 0.25) is 5.91 Å². The standard InChI is InChI=1S/C41H54F2N2O5/c1-6-10-24-48-39(49-25-11-7-2)30-20-22-44(23-21-30)35-27-36(47-5)31(26-33(35)43)38-41(8-3,9-4)40(46)45(38)34-19-15-18-32(42)37(34)50-28-29-16-13-12-14-17-29/h12-19,26-27,30,38-39H,6-11,20-25,28H2,1-5H3/t38-/m0/s1. The fourth-order valence-electron chi connectivity index (χ4n) is 7.45. The summed E-state index contributed by atoms with van der Waals surface area (Å²) < 4.78 is 56.1. The largest absolute Gasteiger partial charge is 0.496 e.